The van der Waals surface area contributed by atoms with E-state index in [-0.39, 0.29) is 11.9 Å². The number of benzene rings is 1. The fourth-order valence-electron chi connectivity index (χ4n) is 5.15. The van der Waals surface area contributed by atoms with Gasteiger partial charge < -0.3 is 15.4 Å². The number of aliphatic imine (C=N–C) groups is 1. The van der Waals surface area contributed by atoms with Crippen LogP contribution in [0.3, 0.4) is 0 Å². The Morgan fingerprint density at radius 3 is 2.73 bits per heavy atom. The summed E-state index contributed by atoms with van der Waals surface area (Å²) in [4.78, 5) is 9.49. The summed E-state index contributed by atoms with van der Waals surface area (Å²) in [5.74, 6) is 0.647. The number of morpholine rings is 1. The zero-order chi connectivity index (χ0) is 20.8. The maximum absolute atomic E-state index is 13.9. The molecule has 6 nitrogen and oxygen atoms in total. The van der Waals surface area contributed by atoms with E-state index in [1.165, 1.54) is 38.3 Å². The standard InChI is InChI=1S/C23H36FN5O/c1-25-23(27-20-9-10-29(17-20)21-7-2-3-8-21)26-16-22(28-11-13-30-14-12-28)18-5-4-6-19(24)15-18/h4-6,15,20-22H,2-3,7-14,16-17H2,1H3,(H2,25,26,27). The van der Waals surface area contributed by atoms with Crippen LogP contribution in [0.2, 0.25) is 0 Å². The summed E-state index contributed by atoms with van der Waals surface area (Å²) in [5, 5.41) is 7.13. The molecule has 1 aromatic carbocycles. The molecule has 7 heteroatoms. The topological polar surface area (TPSA) is 52.1 Å². The predicted octanol–water partition coefficient (Wildman–Crippen LogP) is 2.38. The van der Waals surface area contributed by atoms with Gasteiger partial charge in [-0.1, -0.05) is 25.0 Å². The molecule has 2 atom stereocenters. The van der Waals surface area contributed by atoms with Gasteiger partial charge in [0.15, 0.2) is 5.96 Å². The second kappa shape index (κ2) is 10.6. The Balaban J connectivity index is 1.34. The molecule has 0 aromatic heterocycles. The smallest absolute Gasteiger partial charge is 0.191 e. The summed E-state index contributed by atoms with van der Waals surface area (Å²) in [6, 6.07) is 8.26. The number of nitrogens with one attached hydrogen (secondary N) is 2. The maximum atomic E-state index is 13.9. The van der Waals surface area contributed by atoms with Gasteiger partial charge in [-0.05, 0) is 37.0 Å². The molecule has 30 heavy (non-hydrogen) atoms. The molecule has 0 spiro atoms. The monoisotopic (exact) mass is 417 g/mol. The summed E-state index contributed by atoms with van der Waals surface area (Å²) >= 11 is 0. The number of nitrogens with zero attached hydrogens (tertiary/aromatic N) is 3. The first-order valence-corrected chi connectivity index (χ1v) is 11.5. The molecule has 1 aliphatic carbocycles. The first-order valence-electron chi connectivity index (χ1n) is 11.5. The first kappa shape index (κ1) is 21.5. The zero-order valence-electron chi connectivity index (χ0n) is 18.2. The first-order chi connectivity index (χ1) is 14.7. The van der Waals surface area contributed by atoms with E-state index in [0.29, 0.717) is 12.6 Å². The minimum atomic E-state index is -0.189. The van der Waals surface area contributed by atoms with Crippen LogP contribution in [0, 0.1) is 5.82 Å². The van der Waals surface area contributed by atoms with Crippen LogP contribution < -0.4 is 10.6 Å². The van der Waals surface area contributed by atoms with Crippen molar-refractivity contribution < 1.29 is 9.13 Å². The van der Waals surface area contributed by atoms with E-state index in [1.54, 1.807) is 12.1 Å². The molecule has 2 N–H and O–H groups in total. The Bertz CT molecular complexity index is 703. The van der Waals surface area contributed by atoms with Gasteiger partial charge in [-0.3, -0.25) is 14.8 Å². The highest BCUT2D eigenvalue weighted by Crippen LogP contribution is 2.26. The molecule has 166 valence electrons. The fourth-order valence-corrected chi connectivity index (χ4v) is 5.15. The van der Waals surface area contributed by atoms with Crippen LogP contribution in [-0.4, -0.2) is 80.8 Å². The lowest BCUT2D eigenvalue weighted by Gasteiger charge is -2.35. The van der Waals surface area contributed by atoms with E-state index in [1.807, 2.05) is 13.1 Å². The summed E-state index contributed by atoms with van der Waals surface area (Å²) < 4.78 is 19.4. The Kier molecular flexibility index (Phi) is 7.57. The van der Waals surface area contributed by atoms with Gasteiger partial charge >= 0.3 is 0 Å². The van der Waals surface area contributed by atoms with Crippen molar-refractivity contribution in [3.8, 4) is 0 Å². The molecular formula is C23H36FN5O. The molecular weight excluding hydrogens is 381 g/mol. The van der Waals surface area contributed by atoms with Crippen molar-refractivity contribution in [2.45, 2.75) is 50.2 Å². The van der Waals surface area contributed by atoms with Crippen LogP contribution in [0.15, 0.2) is 29.3 Å². The SMILES string of the molecule is CN=C(NCC(c1cccc(F)c1)N1CCOCC1)NC1CCN(C2CCCC2)C1. The quantitative estimate of drug-likeness (QED) is 0.550. The van der Waals surface area contributed by atoms with E-state index in [2.05, 4.69) is 25.4 Å². The van der Waals surface area contributed by atoms with Crippen LogP contribution in [0.1, 0.15) is 43.7 Å². The molecule has 1 saturated carbocycles. The number of halogens is 1. The minimum absolute atomic E-state index is 0.0849. The van der Waals surface area contributed by atoms with Crippen molar-refractivity contribution in [1.82, 2.24) is 20.4 Å². The fraction of sp³-hybridized carbons (Fsp3) is 0.696. The second-order valence-corrected chi connectivity index (χ2v) is 8.74. The Morgan fingerprint density at radius 2 is 2.00 bits per heavy atom. The van der Waals surface area contributed by atoms with Crippen LogP contribution in [0.5, 0.6) is 0 Å². The Hall–Kier alpha value is -1.70. The van der Waals surface area contributed by atoms with Gasteiger partial charge in [-0.15, -0.1) is 0 Å². The average molecular weight is 418 g/mol. The number of likely N-dealkylation sites (tertiary alicyclic amines) is 1. The van der Waals surface area contributed by atoms with Gasteiger partial charge in [0.05, 0.1) is 19.3 Å². The highest BCUT2D eigenvalue weighted by Gasteiger charge is 2.30. The summed E-state index contributed by atoms with van der Waals surface area (Å²) in [6.07, 6.45) is 6.63. The zero-order valence-corrected chi connectivity index (χ0v) is 18.2. The van der Waals surface area contributed by atoms with Gasteiger partial charge in [-0.2, -0.15) is 0 Å². The number of hydrogen-bond acceptors (Lipinski definition) is 4. The lowest BCUT2D eigenvalue weighted by atomic mass is 10.0. The molecule has 1 aromatic rings. The predicted molar refractivity (Wildman–Crippen MR) is 118 cm³/mol. The highest BCUT2D eigenvalue weighted by atomic mass is 19.1. The van der Waals surface area contributed by atoms with E-state index in [9.17, 15) is 4.39 Å². The lowest BCUT2D eigenvalue weighted by molar-refractivity contribution is 0.0169. The molecule has 0 radical (unpaired) electrons. The van der Waals surface area contributed by atoms with Crippen molar-refractivity contribution in [3.05, 3.63) is 35.6 Å². The number of guanidine groups is 1. The van der Waals surface area contributed by atoms with Crippen LogP contribution in [0.25, 0.3) is 0 Å². The Morgan fingerprint density at radius 1 is 1.20 bits per heavy atom. The summed E-state index contributed by atoms with van der Waals surface area (Å²) in [6.45, 7) is 6.11. The largest absolute Gasteiger partial charge is 0.379 e. The molecule has 0 amide bonds. The normalized spacial score (nSPS) is 25.5. The third-order valence-electron chi connectivity index (χ3n) is 6.81. The van der Waals surface area contributed by atoms with Gasteiger partial charge in [0.2, 0.25) is 0 Å². The summed E-state index contributed by atoms with van der Waals surface area (Å²) in [7, 11) is 1.82. The van der Waals surface area contributed by atoms with Gasteiger partial charge in [0.25, 0.3) is 0 Å². The number of rotatable bonds is 6. The van der Waals surface area contributed by atoms with E-state index in [0.717, 1.165) is 56.8 Å². The van der Waals surface area contributed by atoms with E-state index < -0.39 is 0 Å². The van der Waals surface area contributed by atoms with Crippen molar-refractivity contribution in [2.24, 2.45) is 4.99 Å². The molecule has 3 fully saturated rings. The third kappa shape index (κ3) is 5.50. The second-order valence-electron chi connectivity index (χ2n) is 8.74. The molecule has 2 aliphatic heterocycles. The lowest BCUT2D eigenvalue weighted by Crippen LogP contribution is -2.49. The van der Waals surface area contributed by atoms with Gasteiger partial charge in [-0.25, -0.2) is 4.39 Å². The minimum Gasteiger partial charge on any atom is -0.379 e. The van der Waals surface area contributed by atoms with Crippen molar-refractivity contribution in [3.63, 3.8) is 0 Å². The highest BCUT2D eigenvalue weighted by molar-refractivity contribution is 5.80. The Labute approximate surface area is 179 Å². The molecule has 2 heterocycles. The molecule has 0 bridgehead atoms. The van der Waals surface area contributed by atoms with Crippen LogP contribution >= 0.6 is 0 Å². The van der Waals surface area contributed by atoms with Crippen molar-refractivity contribution >= 4 is 5.96 Å². The molecule has 2 saturated heterocycles. The third-order valence-corrected chi connectivity index (χ3v) is 6.81. The number of ether oxygens (including phenoxy) is 1. The van der Waals surface area contributed by atoms with Crippen LogP contribution in [-0.2, 0) is 4.74 Å². The van der Waals surface area contributed by atoms with E-state index >= 15 is 0 Å². The van der Waals surface area contributed by atoms with Crippen molar-refractivity contribution in [1.29, 1.82) is 0 Å². The van der Waals surface area contributed by atoms with E-state index in [4.69, 9.17) is 4.74 Å². The molecule has 3 aliphatic rings. The average Bonchev–Trinajstić information content (AvgIpc) is 3.46. The van der Waals surface area contributed by atoms with Gasteiger partial charge in [0, 0.05) is 51.9 Å². The van der Waals surface area contributed by atoms with Crippen LogP contribution in [0.4, 0.5) is 4.39 Å². The van der Waals surface area contributed by atoms with Gasteiger partial charge in [0.1, 0.15) is 5.82 Å². The van der Waals surface area contributed by atoms with Crippen molar-refractivity contribution in [2.75, 3.05) is 53.0 Å². The number of hydrogen-bond donors (Lipinski definition) is 2. The summed E-state index contributed by atoms with van der Waals surface area (Å²) in [5.41, 5.74) is 0.994. The maximum Gasteiger partial charge on any atom is 0.191 e. The molecule has 2 unspecified atom stereocenters. The molecule has 4 rings (SSSR count).